The number of hydrogen-bond donors (Lipinski definition) is 0. The molecule has 0 aliphatic carbocycles. The quantitative estimate of drug-likeness (QED) is 0.592. The van der Waals surface area contributed by atoms with Crippen molar-refractivity contribution in [2.75, 3.05) is 31.1 Å². The van der Waals surface area contributed by atoms with Crippen molar-refractivity contribution in [3.05, 3.63) is 63.2 Å². The third-order valence-corrected chi connectivity index (χ3v) is 6.78. The van der Waals surface area contributed by atoms with Crippen LogP contribution in [0.3, 0.4) is 0 Å². The Balaban J connectivity index is 1.73. The number of aromatic nitrogens is 1. The zero-order valence-corrected chi connectivity index (χ0v) is 18.1. The molecule has 0 radical (unpaired) electrons. The first-order chi connectivity index (χ1) is 14.5. The third kappa shape index (κ3) is 5.23. The van der Waals surface area contributed by atoms with E-state index in [9.17, 15) is 26.9 Å². The molecular formula is C19H15Cl2F3N4O2S. The van der Waals surface area contributed by atoms with Crippen molar-refractivity contribution in [2.45, 2.75) is 11.1 Å². The van der Waals surface area contributed by atoms with Gasteiger partial charge in [0, 0.05) is 43.6 Å². The van der Waals surface area contributed by atoms with Crippen molar-refractivity contribution in [3.63, 3.8) is 0 Å². The Hall–Kier alpha value is -2.48. The maximum atomic E-state index is 12.8. The molecule has 31 heavy (non-hydrogen) atoms. The lowest BCUT2D eigenvalue weighted by Gasteiger charge is -2.35. The Kier molecular flexibility index (Phi) is 6.69. The molecule has 6 nitrogen and oxygen atoms in total. The van der Waals surface area contributed by atoms with Gasteiger partial charge in [-0.25, -0.2) is 13.4 Å². The van der Waals surface area contributed by atoms with Gasteiger partial charge in [0.1, 0.15) is 11.9 Å². The number of anilines is 1. The fraction of sp³-hybridized carbons (Fsp3) is 0.263. The smallest absolute Gasteiger partial charge is 0.372 e. The summed E-state index contributed by atoms with van der Waals surface area (Å²) >= 11 is 11.8. The van der Waals surface area contributed by atoms with Gasteiger partial charge in [-0.15, -0.1) is 0 Å². The zero-order chi connectivity index (χ0) is 22.8. The summed E-state index contributed by atoms with van der Waals surface area (Å²) in [5, 5.41) is 9.63. The number of alkyl halides is 3. The molecular weight excluding hydrogens is 476 g/mol. The average Bonchev–Trinajstić information content (AvgIpc) is 2.72. The van der Waals surface area contributed by atoms with Gasteiger partial charge in [-0.2, -0.15) is 18.4 Å². The summed E-state index contributed by atoms with van der Waals surface area (Å²) in [6.07, 6.45) is -2.55. The summed E-state index contributed by atoms with van der Waals surface area (Å²) in [5.74, 6) is 0.215. The SMILES string of the molecule is N#CC(=CN1CCN(c2ncc(C(F)(F)F)cc2Cl)CC1)S(=O)(=O)c1ccc(Cl)cc1. The standard InChI is InChI=1S/C19H15Cl2F3N4O2S/c20-14-1-3-15(4-2-14)31(29,30)16(10-25)12-27-5-7-28(8-6-27)18-17(21)9-13(11-26-18)19(22,23)24/h1-4,9,11-12H,5-8H2. The minimum atomic E-state index is -4.54. The van der Waals surface area contributed by atoms with E-state index in [-0.39, 0.29) is 15.7 Å². The van der Waals surface area contributed by atoms with Crippen LogP contribution in [0.25, 0.3) is 0 Å². The van der Waals surface area contributed by atoms with Crippen LogP contribution >= 0.6 is 23.2 Å². The van der Waals surface area contributed by atoms with E-state index in [1.165, 1.54) is 30.5 Å². The summed E-state index contributed by atoms with van der Waals surface area (Å²) in [7, 11) is -4.01. The van der Waals surface area contributed by atoms with Crippen molar-refractivity contribution >= 4 is 38.9 Å². The largest absolute Gasteiger partial charge is 0.417 e. The molecule has 0 unspecified atom stereocenters. The van der Waals surface area contributed by atoms with Crippen LogP contribution < -0.4 is 4.90 Å². The number of rotatable bonds is 4. The monoisotopic (exact) mass is 490 g/mol. The van der Waals surface area contributed by atoms with E-state index in [4.69, 9.17) is 23.2 Å². The third-order valence-electron chi connectivity index (χ3n) is 4.59. The number of nitriles is 1. The summed E-state index contributed by atoms with van der Waals surface area (Å²) in [5.41, 5.74) is -0.936. The predicted molar refractivity (Wildman–Crippen MR) is 110 cm³/mol. The van der Waals surface area contributed by atoms with E-state index in [1.54, 1.807) is 15.9 Å². The van der Waals surface area contributed by atoms with Crippen molar-refractivity contribution in [3.8, 4) is 6.07 Å². The van der Waals surface area contributed by atoms with Crippen LogP contribution in [0, 0.1) is 11.3 Å². The Morgan fingerprint density at radius 1 is 1.13 bits per heavy atom. The molecule has 2 aromatic rings. The molecule has 0 spiro atoms. The molecule has 1 fully saturated rings. The van der Waals surface area contributed by atoms with E-state index in [1.807, 2.05) is 0 Å². The second kappa shape index (κ2) is 8.94. The zero-order valence-electron chi connectivity index (χ0n) is 15.8. The highest BCUT2D eigenvalue weighted by Gasteiger charge is 2.32. The lowest BCUT2D eigenvalue weighted by Crippen LogP contribution is -2.44. The summed E-state index contributed by atoms with van der Waals surface area (Å²) < 4.78 is 63.7. The van der Waals surface area contributed by atoms with Gasteiger partial charge in [0.15, 0.2) is 4.91 Å². The first kappa shape index (κ1) is 23.2. The van der Waals surface area contributed by atoms with Crippen LogP contribution in [-0.4, -0.2) is 44.5 Å². The molecule has 0 N–H and O–H groups in total. The maximum Gasteiger partial charge on any atom is 0.417 e. The van der Waals surface area contributed by atoms with Crippen molar-refractivity contribution in [2.24, 2.45) is 0 Å². The van der Waals surface area contributed by atoms with E-state index in [0.29, 0.717) is 31.2 Å². The Bertz CT molecular complexity index is 1140. The van der Waals surface area contributed by atoms with Gasteiger partial charge < -0.3 is 9.80 Å². The normalized spacial score (nSPS) is 15.7. The number of allylic oxidation sites excluding steroid dienone is 1. The summed E-state index contributed by atoms with van der Waals surface area (Å²) in [6.45, 7) is 1.29. The van der Waals surface area contributed by atoms with Crippen LogP contribution in [0.15, 0.2) is 52.5 Å². The first-order valence-corrected chi connectivity index (χ1v) is 11.1. The van der Waals surface area contributed by atoms with E-state index < -0.39 is 26.5 Å². The van der Waals surface area contributed by atoms with Gasteiger partial charge >= 0.3 is 6.18 Å². The molecule has 12 heteroatoms. The molecule has 0 saturated carbocycles. The van der Waals surface area contributed by atoms with Crippen LogP contribution in [0.5, 0.6) is 0 Å². The van der Waals surface area contributed by atoms with Crippen LogP contribution in [0.4, 0.5) is 19.0 Å². The number of halogens is 5. The number of pyridine rings is 1. The summed E-state index contributed by atoms with van der Waals surface area (Å²) in [4.78, 5) is 6.72. The molecule has 1 aliphatic heterocycles. The van der Waals surface area contributed by atoms with Crippen LogP contribution in [0.1, 0.15) is 5.56 Å². The van der Waals surface area contributed by atoms with Crippen LogP contribution in [-0.2, 0) is 16.0 Å². The first-order valence-electron chi connectivity index (χ1n) is 8.86. The van der Waals surface area contributed by atoms with E-state index in [2.05, 4.69) is 4.98 Å². The highest BCUT2D eigenvalue weighted by Crippen LogP contribution is 2.33. The fourth-order valence-electron chi connectivity index (χ4n) is 2.95. The highest BCUT2D eigenvalue weighted by molar-refractivity contribution is 7.95. The predicted octanol–water partition coefficient (Wildman–Crippen LogP) is 4.37. The molecule has 1 aromatic carbocycles. The van der Waals surface area contributed by atoms with Gasteiger partial charge in [-0.1, -0.05) is 23.2 Å². The van der Waals surface area contributed by atoms with E-state index in [0.717, 1.165) is 12.3 Å². The minimum Gasteiger partial charge on any atom is -0.372 e. The van der Waals surface area contributed by atoms with Crippen LogP contribution in [0.2, 0.25) is 10.0 Å². The maximum absolute atomic E-state index is 12.8. The van der Waals surface area contributed by atoms with Gasteiger partial charge in [0.05, 0.1) is 15.5 Å². The van der Waals surface area contributed by atoms with Gasteiger partial charge in [-0.05, 0) is 30.3 Å². The lowest BCUT2D eigenvalue weighted by atomic mass is 10.2. The molecule has 1 aliphatic rings. The van der Waals surface area contributed by atoms with Gasteiger partial charge in [0.2, 0.25) is 9.84 Å². The minimum absolute atomic E-state index is 0.0518. The Morgan fingerprint density at radius 2 is 1.74 bits per heavy atom. The Labute approximate surface area is 187 Å². The molecule has 0 atom stereocenters. The van der Waals surface area contributed by atoms with Crippen molar-refractivity contribution in [1.29, 1.82) is 5.26 Å². The second-order valence-electron chi connectivity index (χ2n) is 6.61. The van der Waals surface area contributed by atoms with Gasteiger partial charge in [-0.3, -0.25) is 0 Å². The molecule has 1 saturated heterocycles. The Morgan fingerprint density at radius 3 is 2.26 bits per heavy atom. The topological polar surface area (TPSA) is 77.3 Å². The second-order valence-corrected chi connectivity index (χ2v) is 9.37. The highest BCUT2D eigenvalue weighted by atomic mass is 35.5. The number of piperazine rings is 1. The fourth-order valence-corrected chi connectivity index (χ4v) is 4.51. The molecule has 0 bridgehead atoms. The summed E-state index contributed by atoms with van der Waals surface area (Å²) in [6, 6.07) is 8.02. The lowest BCUT2D eigenvalue weighted by molar-refractivity contribution is -0.137. The molecule has 164 valence electrons. The molecule has 0 amide bonds. The number of sulfone groups is 1. The average molecular weight is 491 g/mol. The number of hydrogen-bond acceptors (Lipinski definition) is 6. The van der Waals surface area contributed by atoms with E-state index >= 15 is 0 Å². The molecule has 1 aromatic heterocycles. The van der Waals surface area contributed by atoms with Gasteiger partial charge in [0.25, 0.3) is 0 Å². The number of nitrogens with zero attached hydrogens (tertiary/aromatic N) is 4. The van der Waals surface area contributed by atoms with Crippen molar-refractivity contribution < 1.29 is 21.6 Å². The molecule has 3 rings (SSSR count). The van der Waals surface area contributed by atoms with Crippen molar-refractivity contribution in [1.82, 2.24) is 9.88 Å². The molecule has 2 heterocycles. The number of benzene rings is 1.